The maximum atomic E-state index is 12.7. The lowest BCUT2D eigenvalue weighted by atomic mass is 9.72. The highest BCUT2D eigenvalue weighted by Crippen LogP contribution is 2.40. The summed E-state index contributed by atoms with van der Waals surface area (Å²) in [6.45, 7) is 7.17. The third-order valence-corrected chi connectivity index (χ3v) is 6.09. The fraction of sp³-hybridized carbons (Fsp3) is 0.571. The van der Waals surface area contributed by atoms with Crippen LogP contribution < -0.4 is 5.32 Å². The maximum absolute atomic E-state index is 12.7. The topological polar surface area (TPSA) is 80.5 Å². The van der Waals surface area contributed by atoms with Gasteiger partial charge in [-0.05, 0) is 51.0 Å². The van der Waals surface area contributed by atoms with E-state index in [1.165, 1.54) is 0 Å². The number of aromatic nitrogens is 2. The summed E-state index contributed by atoms with van der Waals surface area (Å²) in [5.41, 5.74) is 2.42. The van der Waals surface area contributed by atoms with Crippen LogP contribution in [0, 0.1) is 12.3 Å². The highest BCUT2D eigenvalue weighted by Gasteiger charge is 2.37. The molecule has 2 aliphatic heterocycles. The Morgan fingerprint density at radius 2 is 1.96 bits per heavy atom. The normalized spacial score (nSPS) is 20.1. The van der Waals surface area contributed by atoms with Gasteiger partial charge in [0.2, 0.25) is 11.7 Å². The first-order valence-corrected chi connectivity index (χ1v) is 10.1. The molecule has 0 unspecified atom stereocenters. The van der Waals surface area contributed by atoms with E-state index in [1.807, 2.05) is 43.0 Å². The van der Waals surface area contributed by atoms with Crippen molar-refractivity contribution in [3.8, 4) is 11.4 Å². The molecule has 1 aromatic heterocycles. The van der Waals surface area contributed by atoms with Gasteiger partial charge in [0.1, 0.15) is 6.04 Å². The molecule has 1 atom stereocenters. The number of urea groups is 1. The van der Waals surface area contributed by atoms with Crippen LogP contribution in [0.15, 0.2) is 28.8 Å². The lowest BCUT2D eigenvalue weighted by Crippen LogP contribution is -2.49. The molecule has 2 amide bonds. The minimum atomic E-state index is -0.336. The van der Waals surface area contributed by atoms with Crippen molar-refractivity contribution in [1.29, 1.82) is 0 Å². The third-order valence-electron chi connectivity index (χ3n) is 6.09. The first kappa shape index (κ1) is 18.9. The van der Waals surface area contributed by atoms with Crippen molar-refractivity contribution in [2.75, 3.05) is 26.3 Å². The van der Waals surface area contributed by atoms with Gasteiger partial charge in [-0.25, -0.2) is 4.79 Å². The smallest absolute Gasteiger partial charge is 0.318 e. The molecule has 7 heteroatoms. The van der Waals surface area contributed by atoms with Crippen molar-refractivity contribution in [2.24, 2.45) is 5.41 Å². The Morgan fingerprint density at radius 3 is 2.68 bits per heavy atom. The zero-order chi connectivity index (χ0) is 19.6. The largest absolute Gasteiger partial charge is 0.381 e. The minimum absolute atomic E-state index is 0.0651. The minimum Gasteiger partial charge on any atom is -0.381 e. The van der Waals surface area contributed by atoms with Crippen molar-refractivity contribution >= 4 is 6.03 Å². The van der Waals surface area contributed by atoms with Crippen LogP contribution in [0.2, 0.25) is 0 Å². The van der Waals surface area contributed by atoms with Gasteiger partial charge in [-0.2, -0.15) is 4.98 Å². The summed E-state index contributed by atoms with van der Waals surface area (Å²) in [7, 11) is 0. The molecule has 2 aromatic rings. The summed E-state index contributed by atoms with van der Waals surface area (Å²) < 4.78 is 10.9. The number of nitrogens with one attached hydrogen (secondary N) is 1. The number of carbonyl (C=O) groups is 1. The van der Waals surface area contributed by atoms with Crippen molar-refractivity contribution < 1.29 is 14.1 Å². The van der Waals surface area contributed by atoms with E-state index in [0.29, 0.717) is 17.1 Å². The summed E-state index contributed by atoms with van der Waals surface area (Å²) in [6, 6.07) is 7.55. The number of hydrogen-bond donors (Lipinski definition) is 1. The number of rotatable bonds is 3. The van der Waals surface area contributed by atoms with E-state index in [1.54, 1.807) is 0 Å². The lowest BCUT2D eigenvalue weighted by molar-refractivity contribution is -0.0146. The van der Waals surface area contributed by atoms with Crippen LogP contribution in [0.5, 0.6) is 0 Å². The fourth-order valence-electron chi connectivity index (χ4n) is 4.14. The second-order valence-corrected chi connectivity index (χ2v) is 8.10. The van der Waals surface area contributed by atoms with Crippen molar-refractivity contribution in [1.82, 2.24) is 20.4 Å². The molecular formula is C21H28N4O3. The molecular weight excluding hydrogens is 356 g/mol. The van der Waals surface area contributed by atoms with Gasteiger partial charge in [0.25, 0.3) is 0 Å². The molecule has 0 saturated carbocycles. The number of carbonyl (C=O) groups excluding carboxylic acids is 1. The summed E-state index contributed by atoms with van der Waals surface area (Å²) >= 11 is 0. The molecule has 0 bridgehead atoms. The van der Waals surface area contributed by atoms with Gasteiger partial charge < -0.3 is 19.5 Å². The molecule has 7 nitrogen and oxygen atoms in total. The Labute approximate surface area is 165 Å². The van der Waals surface area contributed by atoms with E-state index < -0.39 is 0 Å². The van der Waals surface area contributed by atoms with Gasteiger partial charge >= 0.3 is 6.03 Å². The number of aryl methyl sites for hydroxylation is 1. The van der Waals surface area contributed by atoms with Crippen LogP contribution >= 0.6 is 0 Å². The van der Waals surface area contributed by atoms with Crippen LogP contribution in [0.25, 0.3) is 11.4 Å². The Bertz CT molecular complexity index is 819. The Morgan fingerprint density at radius 1 is 1.21 bits per heavy atom. The van der Waals surface area contributed by atoms with Gasteiger partial charge in [-0.15, -0.1) is 0 Å². The van der Waals surface area contributed by atoms with Gasteiger partial charge in [-0.3, -0.25) is 0 Å². The molecule has 0 radical (unpaired) electrons. The molecule has 2 aliphatic rings. The molecule has 1 aromatic carbocycles. The number of likely N-dealkylation sites (tertiary alicyclic amines) is 1. The molecule has 1 N–H and O–H groups in total. The first-order chi connectivity index (χ1) is 13.5. The number of benzene rings is 1. The lowest BCUT2D eigenvalue weighted by Gasteiger charge is -2.44. The van der Waals surface area contributed by atoms with Crippen LogP contribution in [0.1, 0.15) is 50.1 Å². The Kier molecular flexibility index (Phi) is 5.35. The number of ether oxygens (including phenoxy) is 1. The molecule has 2 saturated heterocycles. The van der Waals surface area contributed by atoms with Gasteiger partial charge in [0, 0.05) is 31.9 Å². The standard InChI is InChI=1S/C21H28N4O3/c1-15-4-3-5-17(14-15)18-23-19(28-24-18)16(2)22-20(26)25-10-6-21(7-11-25)8-12-27-13-9-21/h3-5,14,16H,6-13H2,1-2H3,(H,22,26)/t16-/m0/s1. The predicted octanol–water partition coefficient (Wildman–Crippen LogP) is 3.71. The van der Waals surface area contributed by atoms with Crippen LogP contribution in [0.4, 0.5) is 4.79 Å². The second-order valence-electron chi connectivity index (χ2n) is 8.10. The Hall–Kier alpha value is -2.41. The van der Waals surface area contributed by atoms with Gasteiger partial charge in [0.15, 0.2) is 0 Å². The van der Waals surface area contributed by atoms with Crippen molar-refractivity contribution in [3.63, 3.8) is 0 Å². The van der Waals surface area contributed by atoms with Gasteiger partial charge in [-0.1, -0.05) is 28.9 Å². The van der Waals surface area contributed by atoms with E-state index in [9.17, 15) is 4.79 Å². The van der Waals surface area contributed by atoms with Gasteiger partial charge in [0.05, 0.1) is 0 Å². The van der Waals surface area contributed by atoms with E-state index in [4.69, 9.17) is 9.26 Å². The Balaban J connectivity index is 1.34. The predicted molar refractivity (Wildman–Crippen MR) is 105 cm³/mol. The highest BCUT2D eigenvalue weighted by molar-refractivity contribution is 5.74. The fourth-order valence-corrected chi connectivity index (χ4v) is 4.14. The highest BCUT2D eigenvalue weighted by atomic mass is 16.5. The molecule has 1 spiro atoms. The van der Waals surface area contributed by atoms with E-state index in [0.717, 1.165) is 63.1 Å². The maximum Gasteiger partial charge on any atom is 0.318 e. The summed E-state index contributed by atoms with van der Waals surface area (Å²) in [6.07, 6.45) is 4.33. The average Bonchev–Trinajstić information content (AvgIpc) is 3.20. The SMILES string of the molecule is Cc1cccc(-c2noc([C@H](C)NC(=O)N3CCC4(CCOCC4)CC3)n2)c1. The zero-order valence-corrected chi connectivity index (χ0v) is 16.6. The zero-order valence-electron chi connectivity index (χ0n) is 16.6. The quantitative estimate of drug-likeness (QED) is 0.873. The van der Waals surface area contributed by atoms with Crippen LogP contribution in [-0.2, 0) is 4.74 Å². The van der Waals surface area contributed by atoms with E-state index >= 15 is 0 Å². The van der Waals surface area contributed by atoms with Crippen molar-refractivity contribution in [3.05, 3.63) is 35.7 Å². The monoisotopic (exact) mass is 384 g/mol. The average molecular weight is 384 g/mol. The molecule has 4 rings (SSSR count). The van der Waals surface area contributed by atoms with Crippen LogP contribution in [-0.4, -0.2) is 47.4 Å². The number of nitrogens with zero attached hydrogens (tertiary/aromatic N) is 3. The molecule has 3 heterocycles. The molecule has 0 aliphatic carbocycles. The summed E-state index contributed by atoms with van der Waals surface area (Å²) in [4.78, 5) is 19.0. The number of hydrogen-bond acceptors (Lipinski definition) is 5. The summed E-state index contributed by atoms with van der Waals surface area (Å²) in [5.74, 6) is 0.960. The van der Waals surface area contributed by atoms with Crippen LogP contribution in [0.3, 0.4) is 0 Å². The molecule has 28 heavy (non-hydrogen) atoms. The van der Waals surface area contributed by atoms with E-state index in [-0.39, 0.29) is 12.1 Å². The number of piperidine rings is 1. The number of amides is 2. The first-order valence-electron chi connectivity index (χ1n) is 10.1. The molecule has 2 fully saturated rings. The third kappa shape index (κ3) is 4.04. The summed E-state index contributed by atoms with van der Waals surface area (Å²) in [5, 5.41) is 7.06. The second kappa shape index (κ2) is 7.91. The van der Waals surface area contributed by atoms with Crippen molar-refractivity contribution in [2.45, 2.75) is 45.6 Å². The van der Waals surface area contributed by atoms with E-state index in [2.05, 4.69) is 15.5 Å². The molecule has 150 valence electrons.